The summed E-state index contributed by atoms with van der Waals surface area (Å²) in [5.74, 6) is 0.790. The van der Waals surface area contributed by atoms with Gasteiger partial charge in [-0.15, -0.1) is 10.2 Å². The zero-order chi connectivity index (χ0) is 26.0. The smallest absolute Gasteiger partial charge is 0.227 e. The molecule has 8 heteroatoms. The number of aromatic nitrogens is 2. The molecule has 0 aliphatic carbocycles. The highest BCUT2D eigenvalue weighted by Crippen LogP contribution is 2.27. The van der Waals surface area contributed by atoms with Crippen molar-refractivity contribution in [1.82, 2.24) is 15.1 Å². The van der Waals surface area contributed by atoms with Gasteiger partial charge >= 0.3 is 0 Å². The summed E-state index contributed by atoms with van der Waals surface area (Å²) < 4.78 is 5.18. The fraction of sp³-hybridized carbons (Fsp3) is 0.643. The first-order valence-electron chi connectivity index (χ1n) is 13.6. The lowest BCUT2D eigenvalue weighted by molar-refractivity contribution is -0.131. The number of amides is 2. The summed E-state index contributed by atoms with van der Waals surface area (Å²) in [6.07, 6.45) is 13.9. The minimum atomic E-state index is -0.148. The Balaban J connectivity index is 1.72. The Morgan fingerprint density at radius 2 is 1.47 bits per heavy atom. The number of rotatable bonds is 19. The average Bonchev–Trinajstić information content (AvgIpc) is 3.36. The Morgan fingerprint density at radius 3 is 2.11 bits per heavy atom. The van der Waals surface area contributed by atoms with E-state index in [9.17, 15) is 9.59 Å². The van der Waals surface area contributed by atoms with Gasteiger partial charge in [-0.1, -0.05) is 83.0 Å². The van der Waals surface area contributed by atoms with Gasteiger partial charge in [-0.2, -0.15) is 0 Å². The summed E-state index contributed by atoms with van der Waals surface area (Å²) in [5.41, 5.74) is 0.918. The second kappa shape index (κ2) is 17.9. The van der Waals surface area contributed by atoms with E-state index in [1.165, 1.54) is 56.3 Å². The van der Waals surface area contributed by atoms with E-state index >= 15 is 0 Å². The maximum Gasteiger partial charge on any atom is 0.227 e. The third kappa shape index (κ3) is 11.5. The van der Waals surface area contributed by atoms with E-state index < -0.39 is 0 Å². The second-order valence-corrected chi connectivity index (χ2v) is 10.2. The summed E-state index contributed by atoms with van der Waals surface area (Å²) in [4.78, 5) is 27.2. The number of ether oxygens (including phenoxy) is 1. The molecule has 2 aromatic rings. The van der Waals surface area contributed by atoms with Crippen molar-refractivity contribution < 1.29 is 14.3 Å². The zero-order valence-electron chi connectivity index (χ0n) is 22.4. The van der Waals surface area contributed by atoms with Crippen LogP contribution in [0.5, 0.6) is 5.75 Å². The number of benzene rings is 1. The van der Waals surface area contributed by atoms with E-state index in [0.29, 0.717) is 24.6 Å². The average molecular weight is 517 g/mol. The van der Waals surface area contributed by atoms with Gasteiger partial charge in [0, 0.05) is 31.5 Å². The quantitative estimate of drug-likeness (QED) is 0.201. The summed E-state index contributed by atoms with van der Waals surface area (Å²) in [6, 6.07) is 7.56. The number of methoxy groups -OCH3 is 1. The van der Waals surface area contributed by atoms with Crippen molar-refractivity contribution in [3.63, 3.8) is 0 Å². The van der Waals surface area contributed by atoms with E-state index in [0.717, 1.165) is 42.0 Å². The largest absolute Gasteiger partial charge is 0.497 e. The van der Waals surface area contributed by atoms with Crippen molar-refractivity contribution in [1.29, 1.82) is 0 Å². The van der Waals surface area contributed by atoms with Crippen molar-refractivity contribution in [3.05, 3.63) is 24.3 Å². The highest BCUT2D eigenvalue weighted by atomic mass is 32.1. The molecule has 1 aromatic carbocycles. The predicted molar refractivity (Wildman–Crippen MR) is 148 cm³/mol. The maximum absolute atomic E-state index is 12.8. The van der Waals surface area contributed by atoms with Crippen LogP contribution in [0.1, 0.15) is 97.3 Å². The number of unbranched alkanes of at least 4 members (excludes halogenated alkanes) is 9. The van der Waals surface area contributed by atoms with Crippen LogP contribution in [0, 0.1) is 0 Å². The SMILES string of the molecule is CCCCCCCCCCCC(=O)N(CCCC)CCC(=O)Nc1nnc(-c2ccc(OC)cc2)s1. The van der Waals surface area contributed by atoms with Crippen LogP contribution >= 0.6 is 11.3 Å². The standard InChI is InChI=1S/C28H44N4O3S/c1-4-6-8-9-10-11-12-13-14-15-26(34)32(21-7-5-2)22-20-25(33)29-28-31-30-27(36-28)23-16-18-24(35-3)19-17-23/h16-19H,4-15,20-22H2,1-3H3,(H,29,31,33). The minimum Gasteiger partial charge on any atom is -0.497 e. The predicted octanol–water partition coefficient (Wildman–Crippen LogP) is 7.09. The minimum absolute atomic E-state index is 0.148. The third-order valence-corrected chi connectivity index (χ3v) is 7.13. The van der Waals surface area contributed by atoms with Crippen molar-refractivity contribution in [2.24, 2.45) is 0 Å². The third-order valence-electron chi connectivity index (χ3n) is 6.25. The molecule has 0 aliphatic heterocycles. The molecule has 7 nitrogen and oxygen atoms in total. The molecule has 2 rings (SSSR count). The van der Waals surface area contributed by atoms with Gasteiger partial charge in [0.2, 0.25) is 16.9 Å². The number of carbonyl (C=O) groups is 2. The Labute approximate surface area is 221 Å². The van der Waals surface area contributed by atoms with E-state index in [1.54, 1.807) is 7.11 Å². The van der Waals surface area contributed by atoms with Crippen molar-refractivity contribution in [3.8, 4) is 16.3 Å². The molecular weight excluding hydrogens is 472 g/mol. The molecule has 0 aliphatic rings. The van der Waals surface area contributed by atoms with Crippen LogP contribution in [0.3, 0.4) is 0 Å². The molecule has 0 unspecified atom stereocenters. The molecular formula is C28H44N4O3S. The Hall–Kier alpha value is -2.48. The van der Waals surface area contributed by atoms with Gasteiger partial charge in [0.25, 0.3) is 0 Å². The fourth-order valence-corrected chi connectivity index (χ4v) is 4.76. The topological polar surface area (TPSA) is 84.4 Å². The second-order valence-electron chi connectivity index (χ2n) is 9.25. The molecule has 0 saturated heterocycles. The van der Waals surface area contributed by atoms with Gasteiger partial charge in [-0.3, -0.25) is 9.59 Å². The molecule has 0 radical (unpaired) electrons. The van der Waals surface area contributed by atoms with Gasteiger partial charge in [0.05, 0.1) is 7.11 Å². The first-order valence-corrected chi connectivity index (χ1v) is 14.4. The van der Waals surface area contributed by atoms with Crippen LogP contribution in [-0.2, 0) is 9.59 Å². The van der Waals surface area contributed by atoms with Crippen LogP contribution < -0.4 is 10.1 Å². The van der Waals surface area contributed by atoms with Crippen LogP contribution in [0.25, 0.3) is 10.6 Å². The van der Waals surface area contributed by atoms with Crippen molar-refractivity contribution >= 4 is 28.3 Å². The molecule has 0 spiro atoms. The Bertz CT molecular complexity index is 885. The first-order chi connectivity index (χ1) is 17.6. The van der Waals surface area contributed by atoms with Crippen LogP contribution in [-0.4, -0.2) is 47.1 Å². The van der Waals surface area contributed by atoms with E-state index in [4.69, 9.17) is 4.74 Å². The number of carbonyl (C=O) groups excluding carboxylic acids is 2. The molecule has 0 fully saturated rings. The van der Waals surface area contributed by atoms with Gasteiger partial charge in [-0.05, 0) is 37.1 Å². The number of nitrogens with one attached hydrogen (secondary N) is 1. The van der Waals surface area contributed by atoms with Gasteiger partial charge < -0.3 is 15.0 Å². The Morgan fingerprint density at radius 1 is 0.833 bits per heavy atom. The van der Waals surface area contributed by atoms with Crippen LogP contribution in [0.15, 0.2) is 24.3 Å². The Kier molecular flexibility index (Phi) is 14.8. The molecule has 36 heavy (non-hydrogen) atoms. The lowest BCUT2D eigenvalue weighted by Gasteiger charge is -2.22. The zero-order valence-corrected chi connectivity index (χ0v) is 23.2. The number of nitrogens with zero attached hydrogens (tertiary/aromatic N) is 3. The highest BCUT2D eigenvalue weighted by molar-refractivity contribution is 7.18. The maximum atomic E-state index is 12.8. The first kappa shape index (κ1) is 29.7. The van der Waals surface area contributed by atoms with Gasteiger partial charge in [-0.25, -0.2) is 0 Å². The van der Waals surface area contributed by atoms with Crippen molar-refractivity contribution in [2.45, 2.75) is 97.3 Å². The van der Waals surface area contributed by atoms with Gasteiger partial charge in [0.1, 0.15) is 10.8 Å². The molecule has 0 atom stereocenters. The molecule has 0 bridgehead atoms. The van der Waals surface area contributed by atoms with Crippen molar-refractivity contribution in [2.75, 3.05) is 25.5 Å². The lowest BCUT2D eigenvalue weighted by atomic mass is 10.1. The number of anilines is 1. The highest BCUT2D eigenvalue weighted by Gasteiger charge is 2.16. The van der Waals surface area contributed by atoms with Crippen LogP contribution in [0.4, 0.5) is 5.13 Å². The summed E-state index contributed by atoms with van der Waals surface area (Å²) >= 11 is 1.33. The van der Waals surface area contributed by atoms with Crippen LogP contribution in [0.2, 0.25) is 0 Å². The van der Waals surface area contributed by atoms with E-state index in [2.05, 4.69) is 29.4 Å². The lowest BCUT2D eigenvalue weighted by Crippen LogP contribution is -2.34. The summed E-state index contributed by atoms with van der Waals surface area (Å²) in [5, 5.41) is 12.3. The fourth-order valence-electron chi connectivity index (χ4n) is 4.00. The van der Waals surface area contributed by atoms with Gasteiger partial charge in [0.15, 0.2) is 0 Å². The molecule has 2 amide bonds. The van der Waals surface area contributed by atoms with E-state index in [1.807, 2.05) is 29.2 Å². The van der Waals surface area contributed by atoms with E-state index in [-0.39, 0.29) is 18.2 Å². The number of hydrogen-bond donors (Lipinski definition) is 1. The monoisotopic (exact) mass is 516 g/mol. The summed E-state index contributed by atoms with van der Waals surface area (Å²) in [6.45, 7) is 5.50. The molecule has 1 N–H and O–H groups in total. The molecule has 200 valence electrons. The number of hydrogen-bond acceptors (Lipinski definition) is 6. The molecule has 1 aromatic heterocycles. The molecule has 1 heterocycles. The molecule has 0 saturated carbocycles. The summed E-state index contributed by atoms with van der Waals surface area (Å²) in [7, 11) is 1.63. The normalized spacial score (nSPS) is 10.9.